The molecule has 1 amide bonds. The van der Waals surface area contributed by atoms with Crippen molar-refractivity contribution >= 4 is 34.0 Å². The molecule has 3 aromatic carbocycles. The van der Waals surface area contributed by atoms with Crippen molar-refractivity contribution in [3.8, 4) is 17.4 Å². The molecule has 0 radical (unpaired) electrons. The molecule has 10 nitrogen and oxygen atoms in total. The molecule has 5 rings (SSSR count). The smallest absolute Gasteiger partial charge is 0.251 e. The van der Waals surface area contributed by atoms with Gasteiger partial charge in [-0.05, 0) is 31.3 Å². The molecule has 10 heteroatoms. The van der Waals surface area contributed by atoms with Crippen LogP contribution in [0.1, 0.15) is 10.4 Å². The van der Waals surface area contributed by atoms with Crippen LogP contribution in [0.25, 0.3) is 10.8 Å². The number of benzene rings is 3. The van der Waals surface area contributed by atoms with Crippen molar-refractivity contribution in [1.82, 2.24) is 25.1 Å². The van der Waals surface area contributed by atoms with E-state index < -0.39 is 0 Å². The number of amides is 1. The van der Waals surface area contributed by atoms with Crippen LogP contribution in [-0.4, -0.2) is 79.1 Å². The number of ether oxygens (including phenoxy) is 2. The molecule has 1 saturated heterocycles. The Balaban J connectivity index is 1.27. The highest BCUT2D eigenvalue weighted by molar-refractivity contribution is 5.97. The van der Waals surface area contributed by atoms with Gasteiger partial charge in [-0.25, -0.2) is 4.98 Å². The molecule has 4 aromatic rings. The number of anilines is 3. The molecule has 0 aliphatic carbocycles. The quantitative estimate of drug-likeness (QED) is 0.280. The fourth-order valence-corrected chi connectivity index (χ4v) is 4.51. The number of aromatic nitrogens is 2. The standard InChI is InChI=1S/C29H33N7O3/c1-35-13-15-36(16-14-35)12-11-31-28(37)20-17-21(19-22(18-20)38-2)33-29-32-10-9-27(34-29)39-26-8-7-25(30)23-5-3-4-6-24(23)26/h3-10,17-19H,11-16,30H2,1-2H3,(H,31,37)(H,32,33,34). The first kappa shape index (κ1) is 26.2. The van der Waals surface area contributed by atoms with Crippen LogP contribution in [0, 0.1) is 0 Å². The van der Waals surface area contributed by atoms with Crippen molar-refractivity contribution in [2.75, 3.05) is 64.5 Å². The molecule has 1 fully saturated rings. The number of carbonyl (C=O) groups is 1. The predicted octanol–water partition coefficient (Wildman–Crippen LogP) is 3.73. The van der Waals surface area contributed by atoms with Crippen LogP contribution in [0.3, 0.4) is 0 Å². The van der Waals surface area contributed by atoms with E-state index in [0.29, 0.717) is 46.8 Å². The fraction of sp³-hybridized carbons (Fsp3) is 0.276. The van der Waals surface area contributed by atoms with Gasteiger partial charge < -0.3 is 30.7 Å². The molecule has 0 saturated carbocycles. The number of nitrogens with zero attached hydrogens (tertiary/aromatic N) is 4. The average Bonchev–Trinajstić information content (AvgIpc) is 2.95. The first-order valence-electron chi connectivity index (χ1n) is 12.9. The van der Waals surface area contributed by atoms with Crippen LogP contribution < -0.4 is 25.8 Å². The van der Waals surface area contributed by atoms with Gasteiger partial charge in [-0.2, -0.15) is 4.98 Å². The minimum atomic E-state index is -0.167. The second kappa shape index (κ2) is 12.0. The maximum Gasteiger partial charge on any atom is 0.251 e. The van der Waals surface area contributed by atoms with E-state index in [1.54, 1.807) is 37.6 Å². The molecule has 39 heavy (non-hydrogen) atoms. The summed E-state index contributed by atoms with van der Waals surface area (Å²) in [4.78, 5) is 26.4. The highest BCUT2D eigenvalue weighted by Crippen LogP contribution is 2.33. The maximum absolute atomic E-state index is 12.9. The highest BCUT2D eigenvalue weighted by atomic mass is 16.5. The van der Waals surface area contributed by atoms with Gasteiger partial charge in [0.05, 0.1) is 7.11 Å². The van der Waals surface area contributed by atoms with Crippen LogP contribution in [0.4, 0.5) is 17.3 Å². The van der Waals surface area contributed by atoms with E-state index in [9.17, 15) is 4.79 Å². The Morgan fingerprint density at radius 1 is 1.03 bits per heavy atom. The largest absolute Gasteiger partial charge is 0.497 e. The normalized spacial score (nSPS) is 14.2. The van der Waals surface area contributed by atoms with E-state index in [1.165, 1.54) is 0 Å². The third kappa shape index (κ3) is 6.54. The number of nitrogens with one attached hydrogen (secondary N) is 2. The van der Waals surface area contributed by atoms with E-state index >= 15 is 0 Å². The summed E-state index contributed by atoms with van der Waals surface area (Å²) < 4.78 is 11.5. The third-order valence-corrected chi connectivity index (χ3v) is 6.73. The summed E-state index contributed by atoms with van der Waals surface area (Å²) in [5.74, 6) is 1.71. The lowest BCUT2D eigenvalue weighted by Crippen LogP contribution is -2.46. The lowest BCUT2D eigenvalue weighted by molar-refractivity contribution is 0.0940. The predicted molar refractivity (Wildman–Crippen MR) is 153 cm³/mol. The van der Waals surface area contributed by atoms with Gasteiger partial charge >= 0.3 is 0 Å². The average molecular weight is 528 g/mol. The molecule has 0 unspecified atom stereocenters. The summed E-state index contributed by atoms with van der Waals surface area (Å²) in [5, 5.41) is 7.98. The lowest BCUT2D eigenvalue weighted by atomic mass is 10.1. The van der Waals surface area contributed by atoms with Gasteiger partial charge in [0.15, 0.2) is 0 Å². The topological polar surface area (TPSA) is 118 Å². The Labute approximate surface area is 227 Å². The van der Waals surface area contributed by atoms with Crippen molar-refractivity contribution in [2.24, 2.45) is 0 Å². The van der Waals surface area contributed by atoms with E-state index in [4.69, 9.17) is 15.2 Å². The number of nitrogen functional groups attached to an aromatic ring is 1. The number of nitrogens with two attached hydrogens (primary N) is 1. The summed E-state index contributed by atoms with van der Waals surface area (Å²) in [6, 6.07) is 18.3. The summed E-state index contributed by atoms with van der Waals surface area (Å²) in [7, 11) is 3.69. The summed E-state index contributed by atoms with van der Waals surface area (Å²) in [5.41, 5.74) is 7.90. The van der Waals surface area contributed by atoms with Gasteiger partial charge in [0.1, 0.15) is 11.5 Å². The van der Waals surface area contributed by atoms with Gasteiger partial charge in [0.2, 0.25) is 11.8 Å². The minimum Gasteiger partial charge on any atom is -0.497 e. The molecular formula is C29H33N7O3. The Morgan fingerprint density at radius 3 is 2.62 bits per heavy atom. The number of carbonyl (C=O) groups excluding carboxylic acids is 1. The number of piperazine rings is 1. The van der Waals surface area contributed by atoms with Gasteiger partial charge in [-0.1, -0.05) is 24.3 Å². The zero-order valence-electron chi connectivity index (χ0n) is 22.2. The molecule has 0 spiro atoms. The Morgan fingerprint density at radius 2 is 1.82 bits per heavy atom. The highest BCUT2D eigenvalue weighted by Gasteiger charge is 2.15. The van der Waals surface area contributed by atoms with Gasteiger partial charge in [0, 0.05) is 85.3 Å². The first-order valence-corrected chi connectivity index (χ1v) is 12.9. The second-order valence-electron chi connectivity index (χ2n) is 9.50. The van der Waals surface area contributed by atoms with Crippen molar-refractivity contribution < 1.29 is 14.3 Å². The molecule has 202 valence electrons. The fourth-order valence-electron chi connectivity index (χ4n) is 4.51. The molecular weight excluding hydrogens is 494 g/mol. The maximum atomic E-state index is 12.9. The van der Waals surface area contributed by atoms with E-state index in [-0.39, 0.29) is 5.91 Å². The Kier molecular flexibility index (Phi) is 8.04. The molecule has 4 N–H and O–H groups in total. The first-order chi connectivity index (χ1) is 19.0. The summed E-state index contributed by atoms with van der Waals surface area (Å²) in [6.45, 7) is 5.50. The molecule has 1 aliphatic heterocycles. The number of likely N-dealkylation sites (N-methyl/N-ethyl adjacent to an activating group) is 1. The van der Waals surface area contributed by atoms with E-state index in [0.717, 1.165) is 43.5 Å². The Hall–Kier alpha value is -4.41. The molecule has 1 aliphatic rings. The third-order valence-electron chi connectivity index (χ3n) is 6.73. The second-order valence-corrected chi connectivity index (χ2v) is 9.50. The van der Waals surface area contributed by atoms with Crippen LogP contribution in [-0.2, 0) is 0 Å². The zero-order valence-corrected chi connectivity index (χ0v) is 22.2. The van der Waals surface area contributed by atoms with Crippen molar-refractivity contribution in [1.29, 1.82) is 0 Å². The number of fused-ring (bicyclic) bond motifs is 1. The van der Waals surface area contributed by atoms with Crippen molar-refractivity contribution in [2.45, 2.75) is 0 Å². The van der Waals surface area contributed by atoms with Crippen LogP contribution in [0.15, 0.2) is 66.9 Å². The molecule has 0 atom stereocenters. The molecule has 0 bridgehead atoms. The number of methoxy groups -OCH3 is 1. The van der Waals surface area contributed by atoms with Crippen LogP contribution in [0.5, 0.6) is 17.4 Å². The van der Waals surface area contributed by atoms with Crippen molar-refractivity contribution in [3.05, 3.63) is 72.4 Å². The molecule has 2 heterocycles. The zero-order chi connectivity index (χ0) is 27.2. The lowest BCUT2D eigenvalue weighted by Gasteiger charge is -2.32. The Bertz CT molecular complexity index is 1450. The van der Waals surface area contributed by atoms with Crippen LogP contribution in [0.2, 0.25) is 0 Å². The SMILES string of the molecule is COc1cc(Nc2nccc(Oc3ccc(N)c4ccccc34)n2)cc(C(=O)NCCN2CCN(C)CC2)c1. The van der Waals surface area contributed by atoms with Gasteiger partial charge in [-0.15, -0.1) is 0 Å². The number of hydrogen-bond acceptors (Lipinski definition) is 9. The van der Waals surface area contributed by atoms with E-state index in [2.05, 4.69) is 37.4 Å². The monoisotopic (exact) mass is 527 g/mol. The van der Waals surface area contributed by atoms with Gasteiger partial charge in [-0.3, -0.25) is 9.69 Å². The summed E-state index contributed by atoms with van der Waals surface area (Å²) >= 11 is 0. The van der Waals surface area contributed by atoms with Crippen molar-refractivity contribution in [3.63, 3.8) is 0 Å². The minimum absolute atomic E-state index is 0.167. The van der Waals surface area contributed by atoms with Crippen LogP contribution >= 0.6 is 0 Å². The van der Waals surface area contributed by atoms with E-state index in [1.807, 2.05) is 36.4 Å². The summed E-state index contributed by atoms with van der Waals surface area (Å²) in [6.07, 6.45) is 1.61. The number of hydrogen-bond donors (Lipinski definition) is 3. The molecule has 1 aromatic heterocycles. The van der Waals surface area contributed by atoms with Gasteiger partial charge in [0.25, 0.3) is 5.91 Å². The number of rotatable bonds is 9.